The largest absolute Gasteiger partial charge is 0.481 e. The summed E-state index contributed by atoms with van der Waals surface area (Å²) < 4.78 is 6.04. The highest BCUT2D eigenvalue weighted by molar-refractivity contribution is 9.10. The summed E-state index contributed by atoms with van der Waals surface area (Å²) in [5.74, 6) is -0.181. The van der Waals surface area contributed by atoms with Gasteiger partial charge in [0.2, 0.25) is 0 Å². The van der Waals surface area contributed by atoms with Crippen molar-refractivity contribution >= 4 is 62.3 Å². The van der Waals surface area contributed by atoms with Crippen LogP contribution in [0.4, 0.5) is 11.4 Å². The Hall–Kier alpha value is -2.54. The zero-order chi connectivity index (χ0) is 21.7. The van der Waals surface area contributed by atoms with Crippen LogP contribution in [0, 0.1) is 0 Å². The van der Waals surface area contributed by atoms with Crippen LogP contribution in [-0.2, 0) is 4.79 Å². The number of rotatable bonds is 6. The Morgan fingerprint density at radius 2 is 1.70 bits per heavy atom. The molecule has 0 fully saturated rings. The van der Waals surface area contributed by atoms with Crippen LogP contribution in [0.1, 0.15) is 10.4 Å². The number of ether oxygens (including phenoxy) is 1. The zero-order valence-electron chi connectivity index (χ0n) is 15.9. The average molecular weight is 508 g/mol. The van der Waals surface area contributed by atoms with Crippen molar-refractivity contribution < 1.29 is 14.3 Å². The first-order valence-corrected chi connectivity index (χ1v) is 10.4. The van der Waals surface area contributed by atoms with Gasteiger partial charge in [-0.15, -0.1) is 0 Å². The highest BCUT2D eigenvalue weighted by atomic mass is 79.9. The molecule has 3 aromatic rings. The Labute approximate surface area is 192 Å². The number of benzene rings is 3. The molecule has 3 rings (SSSR count). The molecule has 0 radical (unpaired) electrons. The van der Waals surface area contributed by atoms with E-state index in [1.807, 2.05) is 30.3 Å². The minimum atomic E-state index is -0.367. The molecule has 0 saturated heterocycles. The maximum atomic E-state index is 12.6. The van der Waals surface area contributed by atoms with Crippen molar-refractivity contribution in [3.05, 3.63) is 86.8 Å². The molecule has 0 aromatic heterocycles. The Bertz CT molecular complexity index is 1040. The molecule has 2 amide bonds. The minimum absolute atomic E-state index is 0.148. The average Bonchev–Trinajstić information content (AvgIpc) is 2.73. The number of amides is 2. The molecule has 0 atom stereocenters. The van der Waals surface area contributed by atoms with Gasteiger partial charge in [-0.2, -0.15) is 0 Å². The quantitative estimate of drug-likeness (QED) is 0.441. The summed E-state index contributed by atoms with van der Waals surface area (Å²) in [7, 11) is 1.71. The Kier molecular flexibility index (Phi) is 7.37. The fourth-order valence-electron chi connectivity index (χ4n) is 2.66. The molecule has 3 aromatic carbocycles. The van der Waals surface area contributed by atoms with Gasteiger partial charge in [0.15, 0.2) is 12.4 Å². The summed E-state index contributed by atoms with van der Waals surface area (Å²) in [6, 6.07) is 19.1. The van der Waals surface area contributed by atoms with Gasteiger partial charge < -0.3 is 15.0 Å². The molecule has 1 N–H and O–H groups in total. The number of halogens is 3. The lowest BCUT2D eigenvalue weighted by Crippen LogP contribution is -2.26. The number of hydrogen-bond acceptors (Lipinski definition) is 3. The molecule has 0 bridgehead atoms. The molecule has 0 unspecified atom stereocenters. The van der Waals surface area contributed by atoms with Crippen molar-refractivity contribution in [2.75, 3.05) is 23.9 Å². The van der Waals surface area contributed by atoms with Crippen molar-refractivity contribution in [1.29, 1.82) is 0 Å². The second-order valence-corrected chi connectivity index (χ2v) is 8.01. The monoisotopic (exact) mass is 506 g/mol. The molecule has 30 heavy (non-hydrogen) atoms. The lowest BCUT2D eigenvalue weighted by Gasteiger charge is -2.17. The van der Waals surface area contributed by atoms with Gasteiger partial charge in [0.1, 0.15) is 0 Å². The van der Waals surface area contributed by atoms with Crippen LogP contribution >= 0.6 is 39.1 Å². The summed E-state index contributed by atoms with van der Waals surface area (Å²) in [5, 5.41) is 3.47. The summed E-state index contributed by atoms with van der Waals surface area (Å²) in [6.07, 6.45) is 0. The molecule has 0 saturated carbocycles. The van der Waals surface area contributed by atoms with E-state index < -0.39 is 0 Å². The van der Waals surface area contributed by atoms with E-state index in [4.69, 9.17) is 27.9 Å². The summed E-state index contributed by atoms with van der Waals surface area (Å²) in [4.78, 5) is 26.4. The van der Waals surface area contributed by atoms with Crippen molar-refractivity contribution in [3.63, 3.8) is 0 Å². The smallest absolute Gasteiger partial charge is 0.262 e. The molecule has 5 nitrogen and oxygen atoms in total. The third kappa shape index (κ3) is 5.53. The van der Waals surface area contributed by atoms with Gasteiger partial charge in [0, 0.05) is 29.0 Å². The van der Waals surface area contributed by atoms with E-state index in [0.717, 1.165) is 5.69 Å². The highest BCUT2D eigenvalue weighted by Gasteiger charge is 2.14. The van der Waals surface area contributed by atoms with Crippen LogP contribution in [0.3, 0.4) is 0 Å². The van der Waals surface area contributed by atoms with Gasteiger partial charge in [-0.1, -0.05) is 41.4 Å². The lowest BCUT2D eigenvalue weighted by molar-refractivity contribution is -0.118. The van der Waals surface area contributed by atoms with E-state index in [1.165, 1.54) is 6.07 Å². The summed E-state index contributed by atoms with van der Waals surface area (Å²) in [5.41, 5.74) is 1.85. The van der Waals surface area contributed by atoms with E-state index in [0.29, 0.717) is 31.5 Å². The van der Waals surface area contributed by atoms with Gasteiger partial charge in [-0.3, -0.25) is 9.59 Å². The number of nitrogens with zero attached hydrogens (tertiary/aromatic N) is 1. The van der Waals surface area contributed by atoms with Crippen molar-refractivity contribution in [1.82, 2.24) is 0 Å². The third-order valence-corrected chi connectivity index (χ3v) is 5.26. The number of para-hydroxylation sites is 1. The summed E-state index contributed by atoms with van der Waals surface area (Å²) in [6.45, 7) is -0.239. The standard InChI is InChI=1S/C22H17BrCl2N2O3/c1-27(17-5-3-2-4-6-17)22(29)14-7-9-16(10-8-14)26-20(28)13-30-21-18(23)11-15(24)12-19(21)25/h2-12H,13H2,1H3,(H,26,28). The van der Waals surface area contributed by atoms with E-state index in [1.54, 1.807) is 42.3 Å². The fourth-order valence-corrected chi connectivity index (χ4v) is 4.03. The van der Waals surface area contributed by atoms with Gasteiger partial charge in [-0.05, 0) is 64.5 Å². The number of carbonyl (C=O) groups excluding carboxylic acids is 2. The van der Waals surface area contributed by atoms with Gasteiger partial charge in [-0.25, -0.2) is 0 Å². The van der Waals surface area contributed by atoms with Crippen LogP contribution in [0.25, 0.3) is 0 Å². The molecule has 0 heterocycles. The first-order chi connectivity index (χ1) is 14.3. The predicted octanol–water partition coefficient (Wildman–Crippen LogP) is 6.05. The topological polar surface area (TPSA) is 58.6 Å². The molecular weight excluding hydrogens is 491 g/mol. The van der Waals surface area contributed by atoms with Crippen LogP contribution < -0.4 is 15.0 Å². The van der Waals surface area contributed by atoms with Crippen molar-refractivity contribution in [3.8, 4) is 5.75 Å². The lowest BCUT2D eigenvalue weighted by atomic mass is 10.1. The number of hydrogen-bond donors (Lipinski definition) is 1. The van der Waals surface area contributed by atoms with E-state index in [-0.39, 0.29) is 18.4 Å². The van der Waals surface area contributed by atoms with Crippen LogP contribution in [0.5, 0.6) is 5.75 Å². The molecule has 154 valence electrons. The summed E-state index contributed by atoms with van der Waals surface area (Å²) >= 11 is 15.3. The second kappa shape index (κ2) is 9.98. The highest BCUT2D eigenvalue weighted by Crippen LogP contribution is 2.36. The first kappa shape index (κ1) is 22.2. The van der Waals surface area contributed by atoms with Crippen LogP contribution in [0.2, 0.25) is 10.0 Å². The maximum Gasteiger partial charge on any atom is 0.262 e. The third-order valence-electron chi connectivity index (χ3n) is 4.17. The van der Waals surface area contributed by atoms with Gasteiger partial charge in [0.05, 0.1) is 9.50 Å². The van der Waals surface area contributed by atoms with Crippen LogP contribution in [-0.4, -0.2) is 25.5 Å². The number of anilines is 2. The molecule has 0 spiro atoms. The minimum Gasteiger partial charge on any atom is -0.481 e. The fraction of sp³-hybridized carbons (Fsp3) is 0.0909. The molecule has 0 aliphatic carbocycles. The SMILES string of the molecule is CN(C(=O)c1ccc(NC(=O)COc2c(Cl)cc(Cl)cc2Br)cc1)c1ccccc1. The molecule has 0 aliphatic heterocycles. The normalized spacial score (nSPS) is 10.4. The van der Waals surface area contributed by atoms with E-state index in [2.05, 4.69) is 21.2 Å². The first-order valence-electron chi connectivity index (χ1n) is 8.85. The second-order valence-electron chi connectivity index (χ2n) is 6.31. The number of nitrogens with one attached hydrogen (secondary N) is 1. The van der Waals surface area contributed by atoms with Gasteiger partial charge in [0.25, 0.3) is 11.8 Å². The molecule has 8 heteroatoms. The predicted molar refractivity (Wildman–Crippen MR) is 124 cm³/mol. The molecule has 0 aliphatic rings. The Morgan fingerprint density at radius 3 is 2.33 bits per heavy atom. The van der Waals surface area contributed by atoms with Gasteiger partial charge >= 0.3 is 0 Å². The van der Waals surface area contributed by atoms with Crippen molar-refractivity contribution in [2.45, 2.75) is 0 Å². The van der Waals surface area contributed by atoms with Crippen molar-refractivity contribution in [2.24, 2.45) is 0 Å². The Balaban J connectivity index is 1.59. The number of carbonyl (C=O) groups is 2. The van der Waals surface area contributed by atoms with E-state index in [9.17, 15) is 9.59 Å². The van der Waals surface area contributed by atoms with E-state index >= 15 is 0 Å². The van der Waals surface area contributed by atoms with Crippen LogP contribution in [0.15, 0.2) is 71.2 Å². The Morgan fingerprint density at radius 1 is 1.03 bits per heavy atom. The molecular formula is C22H17BrCl2N2O3. The maximum absolute atomic E-state index is 12.6. The zero-order valence-corrected chi connectivity index (χ0v) is 19.0.